The highest BCUT2D eigenvalue weighted by Crippen LogP contribution is 2.18. The number of Topliss-reactive ketones (excluding diaryl/α,β-unsaturated/α-hetero) is 1. The van der Waals surface area contributed by atoms with Crippen LogP contribution in [0.2, 0.25) is 0 Å². The monoisotopic (exact) mass is 241 g/mol. The van der Waals surface area contributed by atoms with Crippen LogP contribution < -0.4 is 4.74 Å². The van der Waals surface area contributed by atoms with Gasteiger partial charge in [-0.2, -0.15) is 5.10 Å². The topological polar surface area (TPSA) is 56.6 Å². The summed E-state index contributed by atoms with van der Waals surface area (Å²) in [6.45, 7) is 1.48. The van der Waals surface area contributed by atoms with E-state index >= 15 is 0 Å². The van der Waals surface area contributed by atoms with Gasteiger partial charge in [0.2, 0.25) is 5.78 Å². The van der Waals surface area contributed by atoms with Gasteiger partial charge in [0.15, 0.2) is 5.75 Å². The van der Waals surface area contributed by atoms with Gasteiger partial charge >= 0.3 is 0 Å². The normalized spacial score (nSPS) is 10.9. The summed E-state index contributed by atoms with van der Waals surface area (Å²) in [5.41, 5.74) is 0.469. The zero-order chi connectivity index (χ0) is 12.8. The predicted octanol–water partition coefficient (Wildman–Crippen LogP) is 0.282. The zero-order valence-electron chi connectivity index (χ0n) is 10.8. The number of carbonyl (C=O) groups excluding carboxylic acids is 1. The van der Waals surface area contributed by atoms with E-state index < -0.39 is 0 Å². The summed E-state index contributed by atoms with van der Waals surface area (Å²) in [6, 6.07) is 0. The fourth-order valence-corrected chi connectivity index (χ4v) is 1.46. The Bertz CT molecular complexity index is 374. The van der Waals surface area contributed by atoms with Crippen molar-refractivity contribution in [3.8, 4) is 5.75 Å². The average Bonchev–Trinajstić information content (AvgIpc) is 2.69. The first kappa shape index (κ1) is 13.7. The van der Waals surface area contributed by atoms with Crippen LogP contribution in [-0.4, -0.2) is 61.9 Å². The maximum Gasteiger partial charge on any atom is 0.210 e. The van der Waals surface area contributed by atoms with Crippen LogP contribution in [0.4, 0.5) is 0 Å². The summed E-state index contributed by atoms with van der Waals surface area (Å²) in [6.07, 6.45) is 1.55. The van der Waals surface area contributed by atoms with Crippen molar-refractivity contribution in [3.63, 3.8) is 0 Å². The minimum Gasteiger partial charge on any atom is -0.493 e. The van der Waals surface area contributed by atoms with Crippen LogP contribution in [0.1, 0.15) is 10.5 Å². The third-order valence-corrected chi connectivity index (χ3v) is 2.32. The molecule has 1 heterocycles. The fraction of sp³-hybridized carbons (Fsp3) is 0.636. The van der Waals surface area contributed by atoms with E-state index in [1.54, 1.807) is 10.9 Å². The van der Waals surface area contributed by atoms with Gasteiger partial charge in [-0.05, 0) is 14.1 Å². The van der Waals surface area contributed by atoms with Gasteiger partial charge in [-0.1, -0.05) is 0 Å². The molecule has 0 saturated carbocycles. The van der Waals surface area contributed by atoms with Crippen molar-refractivity contribution in [2.24, 2.45) is 0 Å². The highest BCUT2D eigenvalue weighted by atomic mass is 16.5. The molecule has 0 atom stereocenters. The van der Waals surface area contributed by atoms with Crippen molar-refractivity contribution in [1.82, 2.24) is 14.7 Å². The van der Waals surface area contributed by atoms with Gasteiger partial charge in [-0.3, -0.25) is 9.48 Å². The molecule has 0 spiro atoms. The van der Waals surface area contributed by atoms with Gasteiger partial charge in [0.25, 0.3) is 0 Å². The van der Waals surface area contributed by atoms with Gasteiger partial charge in [0.1, 0.15) is 12.3 Å². The van der Waals surface area contributed by atoms with Crippen molar-refractivity contribution in [3.05, 3.63) is 11.9 Å². The molecule has 6 heteroatoms. The van der Waals surface area contributed by atoms with Crippen LogP contribution >= 0.6 is 0 Å². The lowest BCUT2D eigenvalue weighted by molar-refractivity contribution is 0.0833. The summed E-state index contributed by atoms with van der Waals surface area (Å²) in [5.74, 6) is 0.367. The molecule has 0 radical (unpaired) electrons. The van der Waals surface area contributed by atoms with E-state index in [9.17, 15) is 4.79 Å². The molecule has 0 unspecified atom stereocenters. The molecule has 96 valence electrons. The number of carbonyl (C=O) groups is 1. The number of hydrogen-bond acceptors (Lipinski definition) is 5. The Morgan fingerprint density at radius 2 is 2.18 bits per heavy atom. The molecule has 1 aromatic rings. The molecular formula is C11H19N3O3. The number of methoxy groups -OCH3 is 2. The minimum atomic E-state index is -0.124. The van der Waals surface area contributed by atoms with Crippen molar-refractivity contribution < 1.29 is 14.3 Å². The molecule has 0 aliphatic carbocycles. The van der Waals surface area contributed by atoms with Crippen molar-refractivity contribution >= 4 is 5.78 Å². The quantitative estimate of drug-likeness (QED) is 0.642. The summed E-state index contributed by atoms with van der Waals surface area (Å²) >= 11 is 0. The fourth-order valence-electron chi connectivity index (χ4n) is 1.46. The van der Waals surface area contributed by atoms with Gasteiger partial charge in [0, 0.05) is 13.7 Å². The van der Waals surface area contributed by atoms with Gasteiger partial charge in [-0.15, -0.1) is 0 Å². The Kier molecular flexibility index (Phi) is 5.11. The smallest absolute Gasteiger partial charge is 0.210 e. The Hall–Kier alpha value is -1.40. The molecule has 1 aromatic heterocycles. The van der Waals surface area contributed by atoms with Crippen LogP contribution in [0.5, 0.6) is 5.75 Å². The summed E-state index contributed by atoms with van der Waals surface area (Å²) in [5, 5.41) is 4.15. The van der Waals surface area contributed by atoms with E-state index in [0.29, 0.717) is 18.0 Å². The molecule has 0 aliphatic heterocycles. The van der Waals surface area contributed by atoms with Crippen LogP contribution in [0.25, 0.3) is 0 Å². The average molecular weight is 241 g/mol. The van der Waals surface area contributed by atoms with Gasteiger partial charge in [-0.25, -0.2) is 0 Å². The van der Waals surface area contributed by atoms with Crippen LogP contribution in [0.3, 0.4) is 0 Å². The SMILES string of the molecule is COCC(=O)c1c(OC)cnn1CCN(C)C. The Balaban J connectivity index is 2.89. The van der Waals surface area contributed by atoms with E-state index in [1.807, 2.05) is 19.0 Å². The second-order valence-corrected chi connectivity index (χ2v) is 3.94. The third kappa shape index (κ3) is 3.54. The van der Waals surface area contributed by atoms with E-state index in [4.69, 9.17) is 9.47 Å². The van der Waals surface area contributed by atoms with Crippen molar-refractivity contribution in [2.45, 2.75) is 6.54 Å². The van der Waals surface area contributed by atoms with Crippen LogP contribution in [-0.2, 0) is 11.3 Å². The number of nitrogens with zero attached hydrogens (tertiary/aromatic N) is 3. The van der Waals surface area contributed by atoms with E-state index in [2.05, 4.69) is 5.10 Å². The van der Waals surface area contributed by atoms with E-state index in [-0.39, 0.29) is 12.4 Å². The zero-order valence-corrected chi connectivity index (χ0v) is 10.8. The molecule has 1 rings (SSSR count). The molecular weight excluding hydrogens is 222 g/mol. The Morgan fingerprint density at radius 3 is 2.71 bits per heavy atom. The van der Waals surface area contributed by atoms with Crippen LogP contribution in [0.15, 0.2) is 6.20 Å². The largest absolute Gasteiger partial charge is 0.493 e. The number of likely N-dealkylation sites (N-methyl/N-ethyl adjacent to an activating group) is 1. The standard InChI is InChI=1S/C11H19N3O3/c1-13(2)5-6-14-11(9(15)8-16-3)10(17-4)7-12-14/h7H,5-6,8H2,1-4H3. The van der Waals surface area contributed by atoms with Gasteiger partial charge in [0.05, 0.1) is 19.9 Å². The lowest BCUT2D eigenvalue weighted by Crippen LogP contribution is -2.22. The Labute approximate surface area is 101 Å². The van der Waals surface area contributed by atoms with Crippen molar-refractivity contribution in [1.29, 1.82) is 0 Å². The van der Waals surface area contributed by atoms with E-state index in [0.717, 1.165) is 6.54 Å². The summed E-state index contributed by atoms with van der Waals surface area (Å²) in [4.78, 5) is 13.9. The molecule has 0 bridgehead atoms. The molecule has 6 nitrogen and oxygen atoms in total. The first-order chi connectivity index (χ1) is 8.10. The summed E-state index contributed by atoms with van der Waals surface area (Å²) < 4.78 is 11.6. The highest BCUT2D eigenvalue weighted by molar-refractivity contribution is 5.98. The lowest BCUT2D eigenvalue weighted by atomic mass is 10.2. The van der Waals surface area contributed by atoms with Gasteiger partial charge < -0.3 is 14.4 Å². The first-order valence-corrected chi connectivity index (χ1v) is 5.36. The molecule has 0 aliphatic rings. The number of hydrogen-bond donors (Lipinski definition) is 0. The first-order valence-electron chi connectivity index (χ1n) is 5.36. The molecule has 17 heavy (non-hydrogen) atoms. The lowest BCUT2D eigenvalue weighted by Gasteiger charge is -2.11. The molecule has 0 amide bonds. The Morgan fingerprint density at radius 1 is 1.47 bits per heavy atom. The predicted molar refractivity (Wildman–Crippen MR) is 63.5 cm³/mol. The van der Waals surface area contributed by atoms with Crippen molar-refractivity contribution in [2.75, 3.05) is 41.5 Å². The number of ether oxygens (including phenoxy) is 2. The third-order valence-electron chi connectivity index (χ3n) is 2.32. The number of rotatable bonds is 7. The molecule has 0 saturated heterocycles. The maximum absolute atomic E-state index is 11.9. The van der Waals surface area contributed by atoms with Crippen LogP contribution in [0, 0.1) is 0 Å². The molecule has 0 aromatic carbocycles. The second-order valence-electron chi connectivity index (χ2n) is 3.94. The van der Waals surface area contributed by atoms with E-state index in [1.165, 1.54) is 14.2 Å². The minimum absolute atomic E-state index is 0.0318. The summed E-state index contributed by atoms with van der Waals surface area (Å²) in [7, 11) is 6.95. The molecule has 0 fully saturated rings. The maximum atomic E-state index is 11.9. The number of ketones is 1. The highest BCUT2D eigenvalue weighted by Gasteiger charge is 2.18. The second kappa shape index (κ2) is 6.36. The number of aromatic nitrogens is 2. The molecule has 0 N–H and O–H groups in total.